The van der Waals surface area contributed by atoms with Crippen molar-refractivity contribution in [1.29, 1.82) is 0 Å². The zero-order valence-corrected chi connectivity index (χ0v) is 46.0. The van der Waals surface area contributed by atoms with Gasteiger partial charge in [-0.1, -0.05) is 192 Å². The zero-order chi connectivity index (χ0) is 52.6. The van der Waals surface area contributed by atoms with Crippen LogP contribution in [-0.4, -0.2) is 31.3 Å². The maximum atomic E-state index is 13.1. The van der Waals surface area contributed by atoms with Crippen LogP contribution in [0.5, 0.6) is 5.75 Å². The largest absolute Gasteiger partial charge is 0.507 e. The van der Waals surface area contributed by atoms with E-state index in [-0.39, 0.29) is 27.4 Å². The number of hydrogen-bond acceptors (Lipinski definition) is 4. The lowest BCUT2D eigenvalue weighted by molar-refractivity contribution is 0.446. The summed E-state index contributed by atoms with van der Waals surface area (Å²) < 4.78 is 2.42. The topological polar surface area (TPSA) is 54.2 Å². The Balaban J connectivity index is 1.40. The zero-order valence-electron chi connectivity index (χ0n) is 46.0. The quantitative estimate of drug-likeness (QED) is 0.162. The third-order valence-electron chi connectivity index (χ3n) is 15.1. The van der Waals surface area contributed by atoms with Crippen molar-refractivity contribution in [1.82, 2.24) is 19.3 Å². The molecule has 5 nitrogen and oxygen atoms in total. The van der Waals surface area contributed by atoms with Gasteiger partial charge in [0.1, 0.15) is 11.6 Å². The van der Waals surface area contributed by atoms with Crippen LogP contribution in [0.25, 0.3) is 56.2 Å². The minimum Gasteiger partial charge on any atom is -0.507 e. The summed E-state index contributed by atoms with van der Waals surface area (Å²) in [7, 11) is 0. The summed E-state index contributed by atoms with van der Waals surface area (Å²) in [4.78, 5) is 13.6. The van der Waals surface area contributed by atoms with Gasteiger partial charge in [0.05, 0.1) is 28.2 Å². The predicted molar refractivity (Wildman–Crippen MR) is 313 cm³/mol. The van der Waals surface area contributed by atoms with E-state index in [1.165, 1.54) is 27.8 Å². The number of imidazole rings is 1. The molecule has 0 bridgehead atoms. The summed E-state index contributed by atoms with van der Waals surface area (Å²) in [5.41, 5.74) is 20.3. The van der Waals surface area contributed by atoms with Crippen molar-refractivity contribution >= 4 is 23.5 Å². The third kappa shape index (κ3) is 9.18. The predicted octanol–water partition coefficient (Wildman–Crippen LogP) is 15.7. The lowest BCUT2D eigenvalue weighted by atomic mass is 9.48. The van der Waals surface area contributed by atoms with E-state index in [1.807, 2.05) is 6.20 Å². The minimum atomic E-state index is -0.392. The number of phenolic OH excluding ortho intramolecular Hbond substituents is 1. The molecular formula is C68H71BN4O. The average molecular weight is 971 g/mol. The fourth-order valence-corrected chi connectivity index (χ4v) is 10.8. The van der Waals surface area contributed by atoms with Crippen LogP contribution in [0.15, 0.2) is 176 Å². The summed E-state index contributed by atoms with van der Waals surface area (Å²) in [5.74, 6) is 0.940. The molecule has 0 atom stereocenters. The fourth-order valence-electron chi connectivity index (χ4n) is 10.8. The highest BCUT2D eigenvalue weighted by Crippen LogP contribution is 2.47. The summed E-state index contributed by atoms with van der Waals surface area (Å²) in [5, 5.41) is 13.1. The molecule has 0 fully saturated rings. The van der Waals surface area contributed by atoms with Gasteiger partial charge in [-0.05, 0) is 151 Å². The van der Waals surface area contributed by atoms with E-state index in [0.717, 1.165) is 78.3 Å². The molecular weight excluding hydrogens is 900 g/mol. The first-order valence-corrected chi connectivity index (χ1v) is 26.3. The van der Waals surface area contributed by atoms with Crippen LogP contribution in [-0.2, 0) is 21.7 Å². The average Bonchev–Trinajstić information content (AvgIpc) is 3.77. The van der Waals surface area contributed by atoms with E-state index >= 15 is 0 Å². The van der Waals surface area contributed by atoms with Gasteiger partial charge in [-0.15, -0.1) is 0 Å². The second kappa shape index (κ2) is 18.5. The number of allylic oxidation sites excluding steroid dienone is 3. The molecule has 2 aliphatic rings. The van der Waals surface area contributed by atoms with E-state index < -0.39 is 6.85 Å². The molecule has 0 spiro atoms. The molecule has 8 aromatic rings. The molecule has 2 aromatic heterocycles. The summed E-state index contributed by atoms with van der Waals surface area (Å²) >= 11 is 0. The van der Waals surface area contributed by atoms with E-state index in [0.29, 0.717) is 11.4 Å². The van der Waals surface area contributed by atoms with Gasteiger partial charge in [-0.3, -0.25) is 9.55 Å². The van der Waals surface area contributed by atoms with Crippen molar-refractivity contribution in [3.63, 3.8) is 0 Å². The number of phenols is 1. The van der Waals surface area contributed by atoms with Crippen molar-refractivity contribution in [2.24, 2.45) is 0 Å². The lowest BCUT2D eigenvalue weighted by Crippen LogP contribution is -2.58. The Morgan fingerprint density at radius 2 is 1.15 bits per heavy atom. The first kappa shape index (κ1) is 50.1. The van der Waals surface area contributed by atoms with Gasteiger partial charge in [0.25, 0.3) is 0 Å². The van der Waals surface area contributed by atoms with Crippen LogP contribution in [0.4, 0.5) is 0 Å². The standard InChI is InChI=1S/C68H71BN4O/c1-43-24-23-25-44(2)59(43)60-58-30-21-22-35-72(58)69(52-37-48(36-50(39-52)66(6,7)8)56-38-47(33-34-70-56)45-26-17-15-18-27-45)63-61(60)73(57-32-31-49(65(3,4)5)40-53(57)46-28-19-16-20-29-46)64(71-63)54-41-51(67(9,10)11)42-55(62(54)74)68(12,13)14/h15-42,74H,1-14H3. The maximum Gasteiger partial charge on any atom is 0.350 e. The third-order valence-corrected chi connectivity index (χ3v) is 15.1. The first-order chi connectivity index (χ1) is 35.0. The van der Waals surface area contributed by atoms with Crippen molar-refractivity contribution in [3.8, 4) is 56.3 Å². The van der Waals surface area contributed by atoms with Gasteiger partial charge in [0, 0.05) is 28.6 Å². The van der Waals surface area contributed by atoms with Gasteiger partial charge in [-0.25, -0.2) is 4.98 Å². The molecule has 10 rings (SSSR count). The Morgan fingerprint density at radius 1 is 0.527 bits per heavy atom. The smallest absolute Gasteiger partial charge is 0.350 e. The van der Waals surface area contributed by atoms with E-state index in [4.69, 9.17) is 9.97 Å². The van der Waals surface area contributed by atoms with Crippen molar-refractivity contribution in [2.75, 3.05) is 0 Å². The second-order valence-electron chi connectivity index (χ2n) is 24.7. The Hall–Kier alpha value is -7.44. The second-order valence-corrected chi connectivity index (χ2v) is 24.7. The number of aromatic nitrogens is 3. The van der Waals surface area contributed by atoms with Crippen molar-refractivity contribution in [2.45, 2.75) is 119 Å². The number of hydrogen-bond donors (Lipinski definition) is 1. The van der Waals surface area contributed by atoms with Crippen LogP contribution < -0.4 is 11.1 Å². The van der Waals surface area contributed by atoms with Crippen molar-refractivity contribution in [3.05, 3.63) is 220 Å². The van der Waals surface area contributed by atoms with Crippen LogP contribution in [0, 0.1) is 13.8 Å². The number of aromatic hydroxyl groups is 1. The van der Waals surface area contributed by atoms with Gasteiger partial charge >= 0.3 is 6.85 Å². The summed E-state index contributed by atoms with van der Waals surface area (Å²) in [6.07, 6.45) is 10.8. The van der Waals surface area contributed by atoms with Gasteiger partial charge < -0.3 is 9.92 Å². The molecule has 74 heavy (non-hydrogen) atoms. The highest BCUT2D eigenvalue weighted by atomic mass is 16.3. The number of benzene rings is 6. The lowest BCUT2D eigenvalue weighted by Gasteiger charge is -2.38. The normalized spacial score (nSPS) is 13.9. The number of fused-ring (bicyclic) bond motifs is 2. The summed E-state index contributed by atoms with van der Waals surface area (Å²) in [6, 6.07) is 50.7. The van der Waals surface area contributed by atoms with Crippen LogP contribution in [0.3, 0.4) is 0 Å². The Bertz CT molecular complexity index is 3550. The molecule has 6 aromatic carbocycles. The first-order valence-electron chi connectivity index (χ1n) is 26.3. The number of aryl methyl sites for hydroxylation is 2. The highest BCUT2D eigenvalue weighted by Gasteiger charge is 2.44. The van der Waals surface area contributed by atoms with Crippen molar-refractivity contribution < 1.29 is 5.11 Å². The molecule has 4 heterocycles. The van der Waals surface area contributed by atoms with Gasteiger partial charge in [0.2, 0.25) is 0 Å². The summed E-state index contributed by atoms with van der Waals surface area (Å²) in [6.45, 7) is 31.1. The van der Waals surface area contributed by atoms with Gasteiger partial charge in [0.15, 0.2) is 0 Å². The molecule has 0 saturated heterocycles. The molecule has 372 valence electrons. The van der Waals surface area contributed by atoms with E-state index in [1.54, 1.807) is 0 Å². The molecule has 0 amide bonds. The van der Waals surface area contributed by atoms with E-state index in [9.17, 15) is 5.11 Å². The number of pyridine rings is 1. The molecule has 2 aliphatic heterocycles. The van der Waals surface area contributed by atoms with Crippen LogP contribution in [0.1, 0.15) is 128 Å². The molecule has 6 heteroatoms. The van der Waals surface area contributed by atoms with Gasteiger partial charge in [-0.2, -0.15) is 0 Å². The minimum absolute atomic E-state index is 0.123. The Labute approximate surface area is 441 Å². The molecule has 0 radical (unpaired) electrons. The maximum absolute atomic E-state index is 13.1. The highest BCUT2D eigenvalue weighted by molar-refractivity contribution is 6.84. The van der Waals surface area contributed by atoms with Crippen LogP contribution in [0.2, 0.25) is 0 Å². The fraction of sp³-hybridized carbons (Fsp3) is 0.265. The molecule has 0 aliphatic carbocycles. The van der Waals surface area contributed by atoms with Crippen LogP contribution >= 0.6 is 0 Å². The Morgan fingerprint density at radius 3 is 1.78 bits per heavy atom. The number of rotatable bonds is 7. The SMILES string of the molecule is Cc1cccc(C)c1C1=C2C=CC=CN2B(c2cc(-c3cc(-c4ccccc4)ccn3)cc(C(C)(C)C)c2)c2nc(-c3cc(C(C)(C)C)cc(C(C)(C)C)c3O)n(-c3ccc(C(C)(C)C)cc3-c3ccccc3)c21. The monoisotopic (exact) mass is 971 g/mol. The Kier molecular flexibility index (Phi) is 12.5. The molecule has 1 N–H and O–H groups in total. The van der Waals surface area contributed by atoms with E-state index in [2.05, 4.69) is 270 Å². The number of nitrogens with zero attached hydrogens (tertiary/aromatic N) is 4. The molecule has 0 unspecified atom stereocenters. The molecule has 0 saturated carbocycles.